The van der Waals surface area contributed by atoms with Crippen molar-refractivity contribution in [2.75, 3.05) is 37.9 Å². The highest BCUT2D eigenvalue weighted by atomic mass is 35.5. The fourth-order valence-electron chi connectivity index (χ4n) is 2.88. The van der Waals surface area contributed by atoms with Gasteiger partial charge >= 0.3 is 0 Å². The van der Waals surface area contributed by atoms with Crippen molar-refractivity contribution in [3.63, 3.8) is 0 Å². The van der Waals surface area contributed by atoms with Crippen LogP contribution < -0.4 is 5.32 Å². The highest BCUT2D eigenvalue weighted by Gasteiger charge is 2.29. The normalized spacial score (nSPS) is 15.0. The molecule has 0 spiro atoms. The van der Waals surface area contributed by atoms with Gasteiger partial charge in [-0.15, -0.1) is 11.8 Å². The van der Waals surface area contributed by atoms with Crippen molar-refractivity contribution in [1.29, 1.82) is 0 Å². The Morgan fingerprint density at radius 1 is 1.23 bits per heavy atom. The fourth-order valence-corrected chi connectivity index (χ4v) is 5.34. The molecular formula is C18H18ClN3O6S2. The van der Waals surface area contributed by atoms with Crippen molar-refractivity contribution >= 4 is 50.7 Å². The highest BCUT2D eigenvalue weighted by molar-refractivity contribution is 7.98. The van der Waals surface area contributed by atoms with E-state index in [9.17, 15) is 23.3 Å². The molecule has 0 unspecified atom stereocenters. The van der Waals surface area contributed by atoms with E-state index in [1.54, 1.807) is 6.26 Å². The van der Waals surface area contributed by atoms with Gasteiger partial charge in [0.1, 0.15) is 4.90 Å². The van der Waals surface area contributed by atoms with Gasteiger partial charge in [-0.25, -0.2) is 8.42 Å². The number of thioether (sulfide) groups is 1. The van der Waals surface area contributed by atoms with E-state index < -0.39 is 20.9 Å². The van der Waals surface area contributed by atoms with E-state index in [-0.39, 0.29) is 53.2 Å². The number of nitrogens with zero attached hydrogens (tertiary/aromatic N) is 2. The van der Waals surface area contributed by atoms with Crippen LogP contribution in [0.15, 0.2) is 46.2 Å². The predicted molar refractivity (Wildman–Crippen MR) is 114 cm³/mol. The van der Waals surface area contributed by atoms with E-state index in [2.05, 4.69) is 5.32 Å². The molecule has 9 nitrogen and oxygen atoms in total. The zero-order chi connectivity index (χ0) is 21.9. The van der Waals surface area contributed by atoms with E-state index in [0.717, 1.165) is 0 Å². The molecule has 1 N–H and O–H groups in total. The van der Waals surface area contributed by atoms with Gasteiger partial charge in [0.25, 0.3) is 11.6 Å². The third-order valence-corrected chi connectivity index (χ3v) is 7.58. The van der Waals surface area contributed by atoms with Gasteiger partial charge in [-0.1, -0.05) is 11.6 Å². The molecule has 0 bridgehead atoms. The van der Waals surface area contributed by atoms with Crippen molar-refractivity contribution in [2.24, 2.45) is 0 Å². The minimum Gasteiger partial charge on any atom is -0.379 e. The van der Waals surface area contributed by atoms with Gasteiger partial charge < -0.3 is 10.1 Å². The summed E-state index contributed by atoms with van der Waals surface area (Å²) >= 11 is 7.32. The van der Waals surface area contributed by atoms with Crippen LogP contribution in [0.2, 0.25) is 5.02 Å². The number of sulfonamides is 1. The number of benzene rings is 2. The Morgan fingerprint density at radius 3 is 2.57 bits per heavy atom. The van der Waals surface area contributed by atoms with Crippen molar-refractivity contribution < 1.29 is 22.9 Å². The van der Waals surface area contributed by atoms with Gasteiger partial charge in [0.2, 0.25) is 10.0 Å². The van der Waals surface area contributed by atoms with Crippen LogP contribution in [0.4, 0.5) is 11.4 Å². The number of morpholine rings is 1. The number of amides is 1. The van der Waals surface area contributed by atoms with Gasteiger partial charge in [-0.05, 0) is 36.6 Å². The molecule has 160 valence electrons. The van der Waals surface area contributed by atoms with Gasteiger partial charge in [0, 0.05) is 30.4 Å². The minimum absolute atomic E-state index is 0.0273. The number of hydrogen-bond acceptors (Lipinski definition) is 7. The number of rotatable bonds is 6. The molecule has 1 aliphatic heterocycles. The SMILES string of the molecule is CSc1ccc(C(=O)Nc2ccc(Cl)c(S(=O)(=O)N3CCOCC3)c2)cc1[N+](=O)[O-]. The van der Waals surface area contributed by atoms with Gasteiger partial charge in [0.05, 0.1) is 28.1 Å². The summed E-state index contributed by atoms with van der Waals surface area (Å²) in [5.74, 6) is -0.609. The van der Waals surface area contributed by atoms with E-state index in [1.165, 1.54) is 52.5 Å². The molecule has 3 rings (SSSR count). The molecule has 1 fully saturated rings. The van der Waals surface area contributed by atoms with Crippen LogP contribution in [0.1, 0.15) is 10.4 Å². The smallest absolute Gasteiger partial charge is 0.283 e. The summed E-state index contributed by atoms with van der Waals surface area (Å²) in [5.41, 5.74) is 0.0988. The number of halogens is 1. The molecule has 1 aliphatic rings. The molecule has 12 heteroatoms. The Balaban J connectivity index is 1.87. The Hall–Kier alpha value is -2.18. The Kier molecular flexibility index (Phi) is 6.98. The maximum atomic E-state index is 12.9. The summed E-state index contributed by atoms with van der Waals surface area (Å²) in [6, 6.07) is 8.26. The first-order valence-corrected chi connectivity index (χ1v) is 11.8. The molecule has 2 aromatic rings. The minimum atomic E-state index is -3.86. The van der Waals surface area contributed by atoms with Gasteiger partial charge in [0.15, 0.2) is 0 Å². The molecule has 1 heterocycles. The molecule has 1 amide bonds. The van der Waals surface area contributed by atoms with Crippen LogP contribution in [0, 0.1) is 10.1 Å². The quantitative estimate of drug-likeness (QED) is 0.390. The average molecular weight is 472 g/mol. The Morgan fingerprint density at radius 2 is 1.93 bits per heavy atom. The third-order valence-electron chi connectivity index (χ3n) is 4.41. The summed E-state index contributed by atoms with van der Waals surface area (Å²) < 4.78 is 32.3. The topological polar surface area (TPSA) is 119 Å². The third kappa shape index (κ3) is 4.76. The van der Waals surface area contributed by atoms with Crippen molar-refractivity contribution in [1.82, 2.24) is 4.31 Å². The van der Waals surface area contributed by atoms with E-state index in [0.29, 0.717) is 4.90 Å². The van der Waals surface area contributed by atoms with Crippen LogP contribution in [0.3, 0.4) is 0 Å². The molecule has 0 radical (unpaired) electrons. The second-order valence-corrected chi connectivity index (χ2v) is 9.42. The second kappa shape index (κ2) is 9.31. The van der Waals surface area contributed by atoms with E-state index >= 15 is 0 Å². The number of carbonyl (C=O) groups is 1. The lowest BCUT2D eigenvalue weighted by Gasteiger charge is -2.26. The fraction of sp³-hybridized carbons (Fsp3) is 0.278. The molecule has 1 saturated heterocycles. The number of hydrogen-bond donors (Lipinski definition) is 1. The number of ether oxygens (including phenoxy) is 1. The van der Waals surface area contributed by atoms with Crippen LogP contribution in [0.5, 0.6) is 0 Å². The summed E-state index contributed by atoms with van der Waals surface area (Å²) in [6.45, 7) is 0.998. The number of carbonyl (C=O) groups excluding carboxylic acids is 1. The largest absolute Gasteiger partial charge is 0.379 e. The number of nitro groups is 1. The van der Waals surface area contributed by atoms with E-state index in [1.807, 2.05) is 0 Å². The summed E-state index contributed by atoms with van der Waals surface area (Å²) in [7, 11) is -3.86. The number of nitrogens with one attached hydrogen (secondary N) is 1. The Bertz CT molecular complexity index is 1090. The molecule has 0 aliphatic carbocycles. The van der Waals surface area contributed by atoms with Gasteiger partial charge in [-0.2, -0.15) is 4.31 Å². The number of anilines is 1. The van der Waals surface area contributed by atoms with Gasteiger partial charge in [-0.3, -0.25) is 14.9 Å². The standard InChI is InChI=1S/C18H18ClN3O6S2/c1-29-16-5-2-12(10-15(16)22(24)25)18(23)20-13-3-4-14(19)17(11-13)30(26,27)21-6-8-28-9-7-21/h2-5,10-11H,6-9H2,1H3,(H,20,23). The summed E-state index contributed by atoms with van der Waals surface area (Å²) in [5, 5.41) is 13.8. The first-order valence-electron chi connectivity index (χ1n) is 8.75. The highest BCUT2D eigenvalue weighted by Crippen LogP contribution is 2.30. The molecule has 0 saturated carbocycles. The summed E-state index contributed by atoms with van der Waals surface area (Å²) in [6.07, 6.45) is 1.70. The predicted octanol–water partition coefficient (Wildman–Crippen LogP) is 3.24. The lowest BCUT2D eigenvalue weighted by atomic mass is 10.2. The average Bonchev–Trinajstić information content (AvgIpc) is 2.75. The van der Waals surface area contributed by atoms with Crippen molar-refractivity contribution in [2.45, 2.75) is 9.79 Å². The first kappa shape index (κ1) is 22.5. The lowest BCUT2D eigenvalue weighted by molar-refractivity contribution is -0.387. The molecule has 0 aromatic heterocycles. The lowest BCUT2D eigenvalue weighted by Crippen LogP contribution is -2.40. The first-order chi connectivity index (χ1) is 14.2. The number of nitro benzene ring substituents is 1. The second-order valence-electron chi connectivity index (χ2n) is 6.26. The van der Waals surface area contributed by atoms with Crippen molar-refractivity contribution in [3.05, 3.63) is 57.1 Å². The monoisotopic (exact) mass is 471 g/mol. The zero-order valence-corrected chi connectivity index (χ0v) is 18.2. The maximum absolute atomic E-state index is 12.9. The molecule has 0 atom stereocenters. The van der Waals surface area contributed by atoms with Crippen LogP contribution in [-0.4, -0.2) is 56.1 Å². The molecule has 30 heavy (non-hydrogen) atoms. The zero-order valence-electron chi connectivity index (χ0n) is 15.8. The molecule has 2 aromatic carbocycles. The Labute approximate surface area is 182 Å². The maximum Gasteiger partial charge on any atom is 0.283 e. The van der Waals surface area contributed by atoms with Crippen LogP contribution in [0.25, 0.3) is 0 Å². The van der Waals surface area contributed by atoms with Crippen molar-refractivity contribution in [3.8, 4) is 0 Å². The van der Waals surface area contributed by atoms with Crippen LogP contribution >= 0.6 is 23.4 Å². The molecular weight excluding hydrogens is 454 g/mol. The van der Waals surface area contributed by atoms with Crippen LogP contribution in [-0.2, 0) is 14.8 Å². The van der Waals surface area contributed by atoms with E-state index in [4.69, 9.17) is 16.3 Å². The summed E-state index contributed by atoms with van der Waals surface area (Å²) in [4.78, 5) is 23.6.